The Labute approximate surface area is 193 Å². The number of nitrogens with two attached hydrogens (primary N) is 1. The molecule has 0 aliphatic heterocycles. The first kappa shape index (κ1) is 24.8. The molecule has 0 saturated heterocycles. The fraction of sp³-hybridized carbons (Fsp3) is 0.333. The second kappa shape index (κ2) is 10.4. The van der Waals surface area contributed by atoms with Crippen LogP contribution in [0.1, 0.15) is 34.7 Å². The average molecular weight is 479 g/mol. The summed E-state index contributed by atoms with van der Waals surface area (Å²) in [6, 6.07) is 5.51. The summed E-state index contributed by atoms with van der Waals surface area (Å²) in [5.41, 5.74) is 6.77. The van der Waals surface area contributed by atoms with E-state index in [2.05, 4.69) is 31.7 Å². The van der Waals surface area contributed by atoms with Crippen LogP contribution in [-0.4, -0.2) is 54.0 Å². The molecule has 0 unspecified atom stereocenters. The Bertz CT molecular complexity index is 1060. The number of anilines is 1. The van der Waals surface area contributed by atoms with E-state index < -0.39 is 18.0 Å². The molecule has 1 saturated carbocycles. The molecule has 13 heteroatoms. The molecule has 1 fully saturated rings. The highest BCUT2D eigenvalue weighted by Gasteiger charge is 2.33. The molecule has 34 heavy (non-hydrogen) atoms. The Kier molecular flexibility index (Phi) is 7.56. The minimum atomic E-state index is -4.87. The van der Waals surface area contributed by atoms with E-state index in [0.29, 0.717) is 5.56 Å². The highest BCUT2D eigenvalue weighted by molar-refractivity contribution is 5.95. The van der Waals surface area contributed by atoms with Crippen LogP contribution in [0.3, 0.4) is 0 Å². The topological polar surface area (TPSA) is 118 Å². The molecule has 1 aliphatic carbocycles. The molecule has 3 N–H and O–H groups in total. The Morgan fingerprint density at radius 1 is 1.29 bits per heavy atom. The van der Waals surface area contributed by atoms with Crippen molar-refractivity contribution < 1.29 is 27.5 Å². The third-order valence-electron chi connectivity index (χ3n) is 4.77. The molecular formula is C21H24F3N7O3. The van der Waals surface area contributed by atoms with Gasteiger partial charge in [-0.05, 0) is 48.6 Å². The SMILES string of the molecule is C=C(CNC(=O)c1cc(OC(F)(F)F)cc(C2CC2)c1)N(/N=C(\N)N(C)OC)c1ncccn1. The number of amides is 1. The molecule has 0 spiro atoms. The highest BCUT2D eigenvalue weighted by atomic mass is 19.4. The van der Waals surface area contributed by atoms with Gasteiger partial charge in [0, 0.05) is 25.0 Å². The lowest BCUT2D eigenvalue weighted by molar-refractivity contribution is -0.274. The number of guanidine groups is 1. The number of carbonyl (C=O) groups is 1. The van der Waals surface area contributed by atoms with Crippen LogP contribution in [-0.2, 0) is 4.84 Å². The van der Waals surface area contributed by atoms with Crippen molar-refractivity contribution in [3.05, 3.63) is 60.1 Å². The lowest BCUT2D eigenvalue weighted by Crippen LogP contribution is -2.37. The zero-order valence-corrected chi connectivity index (χ0v) is 18.5. The predicted molar refractivity (Wildman–Crippen MR) is 117 cm³/mol. The molecule has 2 aromatic rings. The van der Waals surface area contributed by atoms with Gasteiger partial charge in [-0.1, -0.05) is 6.58 Å². The smallest absolute Gasteiger partial charge is 0.406 e. The number of nitrogens with one attached hydrogen (secondary N) is 1. The number of hydrogen-bond donors (Lipinski definition) is 2. The summed E-state index contributed by atoms with van der Waals surface area (Å²) in [6.45, 7) is 3.76. The number of carbonyl (C=O) groups excluding carboxylic acids is 1. The molecule has 0 radical (unpaired) electrons. The number of ether oxygens (including phenoxy) is 1. The van der Waals surface area contributed by atoms with Crippen molar-refractivity contribution in [2.45, 2.75) is 25.1 Å². The van der Waals surface area contributed by atoms with Crippen LogP contribution in [0, 0.1) is 0 Å². The zero-order valence-electron chi connectivity index (χ0n) is 18.5. The van der Waals surface area contributed by atoms with Gasteiger partial charge in [-0.25, -0.2) is 15.0 Å². The van der Waals surface area contributed by atoms with Gasteiger partial charge in [0.2, 0.25) is 5.96 Å². The number of hydroxylamine groups is 2. The fourth-order valence-corrected chi connectivity index (χ4v) is 2.87. The fourth-order valence-electron chi connectivity index (χ4n) is 2.87. The van der Waals surface area contributed by atoms with E-state index in [1.165, 1.54) is 42.7 Å². The second-order valence-corrected chi connectivity index (χ2v) is 7.36. The van der Waals surface area contributed by atoms with Gasteiger partial charge < -0.3 is 15.8 Å². The van der Waals surface area contributed by atoms with Crippen molar-refractivity contribution >= 4 is 17.8 Å². The van der Waals surface area contributed by atoms with E-state index in [1.807, 2.05) is 0 Å². The summed E-state index contributed by atoms with van der Waals surface area (Å²) < 4.78 is 42.2. The number of aromatic nitrogens is 2. The van der Waals surface area contributed by atoms with Crippen LogP contribution >= 0.6 is 0 Å². The quantitative estimate of drug-likeness (QED) is 0.320. The Balaban J connectivity index is 1.77. The minimum Gasteiger partial charge on any atom is -0.406 e. The number of hydrogen-bond acceptors (Lipinski definition) is 7. The zero-order chi connectivity index (χ0) is 24.9. The van der Waals surface area contributed by atoms with Gasteiger partial charge >= 0.3 is 6.36 Å². The number of rotatable bonds is 9. The second-order valence-electron chi connectivity index (χ2n) is 7.36. The summed E-state index contributed by atoms with van der Waals surface area (Å²) in [5.74, 6) is -0.867. The molecule has 1 aromatic carbocycles. The lowest BCUT2D eigenvalue weighted by Gasteiger charge is -2.22. The minimum absolute atomic E-state index is 0.0288. The molecule has 1 amide bonds. The first-order chi connectivity index (χ1) is 16.1. The highest BCUT2D eigenvalue weighted by Crippen LogP contribution is 2.42. The van der Waals surface area contributed by atoms with E-state index in [9.17, 15) is 18.0 Å². The number of halogens is 3. The van der Waals surface area contributed by atoms with Crippen LogP contribution in [0.25, 0.3) is 0 Å². The van der Waals surface area contributed by atoms with Crippen LogP contribution in [0.15, 0.2) is 54.0 Å². The molecular weight excluding hydrogens is 455 g/mol. The molecule has 3 rings (SSSR count). The number of alkyl halides is 3. The van der Waals surface area contributed by atoms with Gasteiger partial charge in [0.15, 0.2) is 0 Å². The normalized spacial score (nSPS) is 13.9. The molecule has 10 nitrogen and oxygen atoms in total. The standard InChI is InChI=1S/C21H24F3N7O3/c1-13(31(20-26-7-4-8-27-20)29-19(25)30(2)33-3)12-28-18(32)16-9-15(14-5-6-14)10-17(11-16)34-21(22,23)24/h4,7-11,14H,1,5-6,12H2,2-3H3,(H2,25,29)(H,28,32). The Hall–Kier alpha value is -3.87. The molecule has 0 atom stereocenters. The van der Waals surface area contributed by atoms with E-state index >= 15 is 0 Å². The van der Waals surface area contributed by atoms with E-state index in [1.54, 1.807) is 12.1 Å². The first-order valence-corrected chi connectivity index (χ1v) is 10.1. The Morgan fingerprint density at radius 3 is 2.56 bits per heavy atom. The molecule has 182 valence electrons. The number of hydrazone groups is 1. The average Bonchev–Trinajstić information content (AvgIpc) is 3.65. The third kappa shape index (κ3) is 6.81. The van der Waals surface area contributed by atoms with Gasteiger partial charge in [-0.15, -0.1) is 18.3 Å². The van der Waals surface area contributed by atoms with Crippen molar-refractivity contribution in [2.24, 2.45) is 10.8 Å². The van der Waals surface area contributed by atoms with Crippen molar-refractivity contribution in [3.8, 4) is 5.75 Å². The Morgan fingerprint density at radius 2 is 1.97 bits per heavy atom. The van der Waals surface area contributed by atoms with E-state index in [-0.39, 0.29) is 35.6 Å². The van der Waals surface area contributed by atoms with Crippen LogP contribution < -0.4 is 20.8 Å². The molecule has 1 aromatic heterocycles. The van der Waals surface area contributed by atoms with Gasteiger partial charge in [-0.3, -0.25) is 9.63 Å². The lowest BCUT2D eigenvalue weighted by atomic mass is 10.1. The molecule has 0 bridgehead atoms. The number of nitrogens with zero attached hydrogens (tertiary/aromatic N) is 5. The summed E-state index contributed by atoms with van der Waals surface area (Å²) in [5, 5.41) is 9.19. The van der Waals surface area contributed by atoms with Crippen molar-refractivity contribution in [1.82, 2.24) is 20.3 Å². The summed E-state index contributed by atoms with van der Waals surface area (Å²) >= 11 is 0. The van der Waals surface area contributed by atoms with E-state index in [0.717, 1.165) is 18.9 Å². The summed E-state index contributed by atoms with van der Waals surface area (Å²) in [7, 11) is 2.92. The summed E-state index contributed by atoms with van der Waals surface area (Å²) in [4.78, 5) is 26.0. The van der Waals surface area contributed by atoms with Crippen LogP contribution in [0.4, 0.5) is 19.1 Å². The van der Waals surface area contributed by atoms with Crippen LogP contribution in [0.5, 0.6) is 5.75 Å². The first-order valence-electron chi connectivity index (χ1n) is 10.1. The number of benzene rings is 1. The van der Waals surface area contributed by atoms with Crippen molar-refractivity contribution in [1.29, 1.82) is 0 Å². The van der Waals surface area contributed by atoms with Gasteiger partial charge in [0.25, 0.3) is 11.9 Å². The third-order valence-corrected chi connectivity index (χ3v) is 4.77. The van der Waals surface area contributed by atoms with E-state index in [4.69, 9.17) is 10.6 Å². The van der Waals surface area contributed by atoms with Crippen molar-refractivity contribution in [2.75, 3.05) is 25.7 Å². The van der Waals surface area contributed by atoms with Gasteiger partial charge in [-0.2, -0.15) is 5.01 Å². The monoisotopic (exact) mass is 479 g/mol. The van der Waals surface area contributed by atoms with Crippen molar-refractivity contribution in [3.63, 3.8) is 0 Å². The maximum atomic E-state index is 12.8. The largest absolute Gasteiger partial charge is 0.573 e. The molecule has 1 heterocycles. The molecule has 1 aliphatic rings. The summed E-state index contributed by atoms with van der Waals surface area (Å²) in [6.07, 6.45) is -0.214. The van der Waals surface area contributed by atoms with Gasteiger partial charge in [0.1, 0.15) is 5.75 Å². The van der Waals surface area contributed by atoms with Gasteiger partial charge in [0.05, 0.1) is 19.4 Å². The maximum Gasteiger partial charge on any atom is 0.573 e. The van der Waals surface area contributed by atoms with Crippen LogP contribution in [0.2, 0.25) is 0 Å². The maximum absolute atomic E-state index is 12.8. The predicted octanol–water partition coefficient (Wildman–Crippen LogP) is 2.73.